The van der Waals surface area contributed by atoms with Crippen molar-refractivity contribution in [3.8, 4) is 5.69 Å². The summed E-state index contributed by atoms with van der Waals surface area (Å²) >= 11 is 0. The van der Waals surface area contributed by atoms with E-state index in [1.807, 2.05) is 30.3 Å². The van der Waals surface area contributed by atoms with Crippen LogP contribution in [0.15, 0.2) is 35.1 Å². The third-order valence-electron chi connectivity index (χ3n) is 4.06. The van der Waals surface area contributed by atoms with Gasteiger partial charge in [0, 0.05) is 11.6 Å². The molecular weight excluding hydrogens is 252 g/mol. The maximum atomic E-state index is 12.5. The minimum atomic E-state index is -0.231. The van der Waals surface area contributed by atoms with Crippen LogP contribution in [0.5, 0.6) is 0 Å². The van der Waals surface area contributed by atoms with Crippen molar-refractivity contribution in [3.63, 3.8) is 0 Å². The minimum absolute atomic E-state index is 0.0101. The summed E-state index contributed by atoms with van der Waals surface area (Å²) < 4.78 is 1.46. The van der Waals surface area contributed by atoms with Gasteiger partial charge in [0.25, 0.3) is 5.56 Å². The lowest BCUT2D eigenvalue weighted by Crippen LogP contribution is -2.23. The molecule has 4 heteroatoms. The van der Waals surface area contributed by atoms with Gasteiger partial charge in [0.05, 0.1) is 5.69 Å². The van der Waals surface area contributed by atoms with E-state index in [-0.39, 0.29) is 17.3 Å². The lowest BCUT2D eigenvalue weighted by molar-refractivity contribution is 0.0921. The second kappa shape index (κ2) is 5.12. The van der Waals surface area contributed by atoms with Crippen LogP contribution in [0, 0.1) is 12.8 Å². The SMILES string of the molecule is Cc1[nH]n(-c2ccccc2)c(=O)c1C(=O)C1CCCC1. The first-order valence-electron chi connectivity index (χ1n) is 7.09. The predicted octanol–water partition coefficient (Wildman–Crippen LogP) is 2.85. The van der Waals surface area contributed by atoms with Crippen LogP contribution in [0.4, 0.5) is 0 Å². The number of para-hydroxylation sites is 1. The number of nitrogens with zero attached hydrogens (tertiary/aromatic N) is 1. The van der Waals surface area contributed by atoms with Gasteiger partial charge in [0.2, 0.25) is 0 Å². The van der Waals surface area contributed by atoms with Crippen LogP contribution >= 0.6 is 0 Å². The van der Waals surface area contributed by atoms with Gasteiger partial charge >= 0.3 is 0 Å². The van der Waals surface area contributed by atoms with E-state index in [9.17, 15) is 9.59 Å². The van der Waals surface area contributed by atoms with E-state index in [0.717, 1.165) is 31.4 Å². The number of H-pyrrole nitrogens is 1. The Bertz CT molecular complexity index is 676. The number of carbonyl (C=O) groups excluding carboxylic acids is 1. The van der Waals surface area contributed by atoms with Gasteiger partial charge in [-0.2, -0.15) is 0 Å². The third-order valence-corrected chi connectivity index (χ3v) is 4.06. The third kappa shape index (κ3) is 2.11. The molecule has 0 spiro atoms. The average molecular weight is 270 g/mol. The smallest absolute Gasteiger partial charge is 0.282 e. The molecule has 0 bridgehead atoms. The molecule has 1 aromatic heterocycles. The molecule has 1 aliphatic rings. The normalized spacial score (nSPS) is 15.7. The average Bonchev–Trinajstić information content (AvgIpc) is 3.08. The van der Waals surface area contributed by atoms with Crippen molar-refractivity contribution in [1.82, 2.24) is 9.78 Å². The Morgan fingerprint density at radius 3 is 2.50 bits per heavy atom. The summed E-state index contributed by atoms with van der Waals surface area (Å²) in [6, 6.07) is 9.34. The van der Waals surface area contributed by atoms with Crippen molar-refractivity contribution in [1.29, 1.82) is 0 Å². The van der Waals surface area contributed by atoms with Crippen LogP contribution in [0.25, 0.3) is 5.69 Å². The second-order valence-corrected chi connectivity index (χ2v) is 5.43. The van der Waals surface area contributed by atoms with Gasteiger partial charge < -0.3 is 0 Å². The minimum Gasteiger partial charge on any atom is -0.295 e. The molecule has 20 heavy (non-hydrogen) atoms. The largest absolute Gasteiger partial charge is 0.295 e. The zero-order chi connectivity index (χ0) is 14.1. The Morgan fingerprint density at radius 1 is 1.20 bits per heavy atom. The van der Waals surface area contributed by atoms with Gasteiger partial charge in [-0.15, -0.1) is 0 Å². The fraction of sp³-hybridized carbons (Fsp3) is 0.375. The number of aromatic nitrogens is 2. The van der Waals surface area contributed by atoms with Gasteiger partial charge in [-0.1, -0.05) is 31.0 Å². The summed E-state index contributed by atoms with van der Waals surface area (Å²) in [5.74, 6) is 0.0392. The zero-order valence-electron chi connectivity index (χ0n) is 11.6. The number of Topliss-reactive ketones (excluding diaryl/α,β-unsaturated/α-hetero) is 1. The number of hydrogen-bond acceptors (Lipinski definition) is 2. The first-order chi connectivity index (χ1) is 9.68. The fourth-order valence-corrected chi connectivity index (χ4v) is 2.99. The molecule has 0 radical (unpaired) electrons. The van der Waals surface area contributed by atoms with Gasteiger partial charge in [-0.05, 0) is 31.9 Å². The number of benzene rings is 1. The highest BCUT2D eigenvalue weighted by molar-refractivity contribution is 5.98. The van der Waals surface area contributed by atoms with Crippen molar-refractivity contribution in [2.24, 2.45) is 5.92 Å². The number of hydrogen-bond donors (Lipinski definition) is 1. The number of rotatable bonds is 3. The molecule has 1 N–H and O–H groups in total. The second-order valence-electron chi connectivity index (χ2n) is 5.43. The molecule has 0 aliphatic heterocycles. The van der Waals surface area contributed by atoms with E-state index in [2.05, 4.69) is 5.10 Å². The van der Waals surface area contributed by atoms with E-state index in [1.165, 1.54) is 4.68 Å². The van der Waals surface area contributed by atoms with E-state index >= 15 is 0 Å². The summed E-state index contributed by atoms with van der Waals surface area (Å²) in [6.45, 7) is 1.79. The Morgan fingerprint density at radius 2 is 1.85 bits per heavy atom. The summed E-state index contributed by atoms with van der Waals surface area (Å²) in [7, 11) is 0. The maximum Gasteiger partial charge on any atom is 0.282 e. The highest BCUT2D eigenvalue weighted by Gasteiger charge is 2.28. The number of aromatic amines is 1. The Hall–Kier alpha value is -2.10. The predicted molar refractivity (Wildman–Crippen MR) is 77.4 cm³/mol. The lowest BCUT2D eigenvalue weighted by Gasteiger charge is -2.05. The molecule has 1 saturated carbocycles. The molecule has 104 valence electrons. The van der Waals surface area contributed by atoms with Gasteiger partial charge in [-0.25, -0.2) is 4.68 Å². The maximum absolute atomic E-state index is 12.5. The summed E-state index contributed by atoms with van der Waals surface area (Å²) in [5, 5.41) is 3.02. The number of ketones is 1. The van der Waals surface area contributed by atoms with Crippen LogP contribution in [0.1, 0.15) is 41.7 Å². The quantitative estimate of drug-likeness (QED) is 0.872. The molecule has 2 aromatic rings. The molecule has 0 amide bonds. The molecule has 1 heterocycles. The molecule has 4 nitrogen and oxygen atoms in total. The van der Waals surface area contributed by atoms with E-state index in [4.69, 9.17) is 0 Å². The first-order valence-corrected chi connectivity index (χ1v) is 7.09. The first kappa shape index (κ1) is 12.9. The number of carbonyl (C=O) groups is 1. The van der Waals surface area contributed by atoms with Crippen molar-refractivity contribution in [2.75, 3.05) is 0 Å². The Kier molecular flexibility index (Phi) is 3.30. The van der Waals surface area contributed by atoms with E-state index in [0.29, 0.717) is 11.3 Å². The fourth-order valence-electron chi connectivity index (χ4n) is 2.99. The van der Waals surface area contributed by atoms with Crippen LogP contribution in [-0.4, -0.2) is 15.6 Å². The molecule has 0 unspecified atom stereocenters. The number of aryl methyl sites for hydroxylation is 1. The van der Waals surface area contributed by atoms with Crippen molar-refractivity contribution >= 4 is 5.78 Å². The molecule has 1 aromatic carbocycles. The lowest BCUT2D eigenvalue weighted by atomic mass is 9.97. The molecule has 1 fully saturated rings. The Labute approximate surface area is 117 Å². The molecular formula is C16H18N2O2. The highest BCUT2D eigenvalue weighted by Crippen LogP contribution is 2.28. The van der Waals surface area contributed by atoms with Crippen LogP contribution < -0.4 is 5.56 Å². The summed E-state index contributed by atoms with van der Waals surface area (Å²) in [6.07, 6.45) is 4.00. The highest BCUT2D eigenvalue weighted by atomic mass is 16.2. The molecule has 0 atom stereocenters. The van der Waals surface area contributed by atoms with E-state index < -0.39 is 0 Å². The monoisotopic (exact) mass is 270 g/mol. The summed E-state index contributed by atoms with van der Waals surface area (Å²) in [4.78, 5) is 25.0. The molecule has 0 saturated heterocycles. The Balaban J connectivity index is 2.03. The summed E-state index contributed by atoms with van der Waals surface area (Å²) in [5.41, 5.74) is 1.52. The zero-order valence-corrected chi connectivity index (χ0v) is 11.6. The molecule has 3 rings (SSSR count). The topological polar surface area (TPSA) is 54.9 Å². The number of nitrogens with one attached hydrogen (secondary N) is 1. The van der Waals surface area contributed by atoms with Crippen LogP contribution in [0.3, 0.4) is 0 Å². The van der Waals surface area contributed by atoms with Crippen molar-refractivity contribution < 1.29 is 4.79 Å². The van der Waals surface area contributed by atoms with Crippen molar-refractivity contribution in [3.05, 3.63) is 51.9 Å². The molecule has 1 aliphatic carbocycles. The van der Waals surface area contributed by atoms with Crippen LogP contribution in [-0.2, 0) is 0 Å². The van der Waals surface area contributed by atoms with Gasteiger partial charge in [0.15, 0.2) is 5.78 Å². The van der Waals surface area contributed by atoms with Gasteiger partial charge in [0.1, 0.15) is 5.56 Å². The van der Waals surface area contributed by atoms with Crippen molar-refractivity contribution in [2.45, 2.75) is 32.6 Å². The van der Waals surface area contributed by atoms with Crippen LogP contribution in [0.2, 0.25) is 0 Å². The van der Waals surface area contributed by atoms with E-state index in [1.54, 1.807) is 6.92 Å². The van der Waals surface area contributed by atoms with Gasteiger partial charge in [-0.3, -0.25) is 14.7 Å². The standard InChI is InChI=1S/C16H18N2O2/c1-11-14(15(19)12-7-5-6-8-12)16(20)18(17-11)13-9-3-2-4-10-13/h2-4,9-10,12,17H,5-8H2,1H3.